The van der Waals surface area contributed by atoms with Crippen LogP contribution in [0.3, 0.4) is 0 Å². The summed E-state index contributed by atoms with van der Waals surface area (Å²) in [5.41, 5.74) is 10.8. The zero-order chi connectivity index (χ0) is 30.5. The van der Waals surface area contributed by atoms with Crippen LogP contribution in [0.25, 0.3) is 22.8 Å². The van der Waals surface area contributed by atoms with Gasteiger partial charge in [0.15, 0.2) is 0 Å². The van der Waals surface area contributed by atoms with E-state index in [1.165, 1.54) is 47.1 Å². The molecule has 0 saturated carbocycles. The number of halogens is 2. The van der Waals surface area contributed by atoms with Crippen molar-refractivity contribution in [1.82, 2.24) is 0 Å². The summed E-state index contributed by atoms with van der Waals surface area (Å²) < 4.78 is 8.38. The van der Waals surface area contributed by atoms with Crippen LogP contribution in [0, 0.1) is 5.92 Å². The highest BCUT2D eigenvalue weighted by Crippen LogP contribution is 2.47. The highest BCUT2D eigenvalue weighted by atomic mass is 79.9. The number of benzene rings is 5. The van der Waals surface area contributed by atoms with E-state index in [4.69, 9.17) is 4.74 Å². The number of hydrogen-bond acceptors (Lipinski definition) is 2. The molecule has 0 aromatic heterocycles. The summed E-state index contributed by atoms with van der Waals surface area (Å²) in [6.45, 7) is 5.29. The van der Waals surface area contributed by atoms with Crippen molar-refractivity contribution in [1.29, 1.82) is 0 Å². The van der Waals surface area contributed by atoms with Crippen molar-refractivity contribution in [3.8, 4) is 16.9 Å². The van der Waals surface area contributed by atoms with E-state index in [2.05, 4.69) is 172 Å². The maximum atomic E-state index is 6.22. The first-order valence-corrected chi connectivity index (χ1v) is 17.1. The second-order valence-corrected chi connectivity index (χ2v) is 13.3. The zero-order valence-corrected chi connectivity index (χ0v) is 28.4. The molecule has 2 nitrogen and oxygen atoms in total. The minimum atomic E-state index is 0.609. The van der Waals surface area contributed by atoms with Gasteiger partial charge in [0.2, 0.25) is 0 Å². The van der Waals surface area contributed by atoms with Crippen LogP contribution in [0.2, 0.25) is 0 Å². The van der Waals surface area contributed by atoms with Crippen LogP contribution in [0.5, 0.6) is 5.75 Å². The minimum absolute atomic E-state index is 0.609. The van der Waals surface area contributed by atoms with Crippen LogP contribution in [-0.2, 0) is 0 Å². The van der Waals surface area contributed by atoms with Gasteiger partial charge in [0.1, 0.15) is 5.75 Å². The van der Waals surface area contributed by atoms with Crippen molar-refractivity contribution >= 4 is 60.6 Å². The van der Waals surface area contributed by atoms with E-state index in [1.54, 1.807) is 0 Å². The predicted octanol–water partition coefficient (Wildman–Crippen LogP) is 12.8. The first-order valence-electron chi connectivity index (χ1n) is 15.5. The van der Waals surface area contributed by atoms with Gasteiger partial charge in [-0.2, -0.15) is 0 Å². The first kappa shape index (κ1) is 30.4. The SMILES string of the molecule is CCCCC(CC)COc1ccc(N(c2ccccc2)c2ccc(C=C3c4cc(Br)ccc4-c4ccc(Br)cc43)cc2)cc1. The molecule has 0 fully saturated rings. The molecule has 0 radical (unpaired) electrons. The average Bonchev–Trinajstić information content (AvgIpc) is 3.34. The molecule has 0 N–H and O–H groups in total. The molecular weight excluding hydrogens is 670 g/mol. The van der Waals surface area contributed by atoms with Gasteiger partial charge in [-0.3, -0.25) is 0 Å². The summed E-state index contributed by atoms with van der Waals surface area (Å²) in [7, 11) is 0. The highest BCUT2D eigenvalue weighted by Gasteiger charge is 2.24. The fourth-order valence-electron chi connectivity index (χ4n) is 5.96. The van der Waals surface area contributed by atoms with Gasteiger partial charge in [-0.05, 0) is 125 Å². The molecule has 4 heteroatoms. The number of anilines is 3. The number of hydrogen-bond donors (Lipinski definition) is 0. The number of rotatable bonds is 11. The first-order chi connectivity index (χ1) is 21.5. The summed E-state index contributed by atoms with van der Waals surface area (Å²) in [6, 6.07) is 41.0. The lowest BCUT2D eigenvalue weighted by Crippen LogP contribution is -2.12. The van der Waals surface area contributed by atoms with Crippen LogP contribution in [0.1, 0.15) is 56.2 Å². The van der Waals surface area contributed by atoms with E-state index < -0.39 is 0 Å². The average molecular weight is 708 g/mol. The number of ether oxygens (including phenoxy) is 1. The third kappa shape index (κ3) is 6.72. The summed E-state index contributed by atoms with van der Waals surface area (Å²) in [5, 5.41) is 0. The Labute approximate surface area is 278 Å². The Morgan fingerprint density at radius 1 is 0.659 bits per heavy atom. The fraction of sp³-hybridized carbons (Fsp3) is 0.200. The monoisotopic (exact) mass is 705 g/mol. The third-order valence-corrected chi connectivity index (χ3v) is 9.42. The van der Waals surface area contributed by atoms with E-state index in [0.717, 1.165) is 50.3 Å². The van der Waals surface area contributed by atoms with Crippen molar-refractivity contribution in [2.24, 2.45) is 5.92 Å². The molecule has 1 atom stereocenters. The Bertz CT molecular complexity index is 1690. The maximum absolute atomic E-state index is 6.22. The zero-order valence-electron chi connectivity index (χ0n) is 25.3. The van der Waals surface area contributed by atoms with Gasteiger partial charge in [-0.15, -0.1) is 0 Å². The molecule has 1 aliphatic carbocycles. The standard InChI is InChI=1S/C40H37Br2NO/c1-3-5-9-28(4-2)27-44-35-20-18-34(19-21-35)43(32-10-7-6-8-11-32)33-16-12-29(13-17-33)24-38-39-25-30(41)14-22-36(39)37-23-15-31(42)26-40(37)38/h6-8,10-26,28H,3-5,9,27H2,1-2H3. The van der Waals surface area contributed by atoms with Gasteiger partial charge in [-0.25, -0.2) is 0 Å². The van der Waals surface area contributed by atoms with Crippen LogP contribution in [0.15, 0.2) is 124 Å². The van der Waals surface area contributed by atoms with E-state index in [1.807, 2.05) is 0 Å². The second kappa shape index (κ2) is 14.0. The topological polar surface area (TPSA) is 12.5 Å². The van der Waals surface area contributed by atoms with Gasteiger partial charge in [-0.1, -0.05) is 107 Å². The van der Waals surface area contributed by atoms with E-state index >= 15 is 0 Å². The largest absolute Gasteiger partial charge is 0.493 e. The highest BCUT2D eigenvalue weighted by molar-refractivity contribution is 9.10. The molecule has 44 heavy (non-hydrogen) atoms. The van der Waals surface area contributed by atoms with Crippen LogP contribution >= 0.6 is 31.9 Å². The van der Waals surface area contributed by atoms with Crippen molar-refractivity contribution in [3.63, 3.8) is 0 Å². The van der Waals surface area contributed by atoms with Crippen LogP contribution < -0.4 is 9.64 Å². The molecule has 0 heterocycles. The van der Waals surface area contributed by atoms with Crippen molar-refractivity contribution < 1.29 is 4.74 Å². The van der Waals surface area contributed by atoms with Gasteiger partial charge in [0.25, 0.3) is 0 Å². The molecule has 1 unspecified atom stereocenters. The van der Waals surface area contributed by atoms with Crippen molar-refractivity contribution in [2.75, 3.05) is 11.5 Å². The third-order valence-electron chi connectivity index (χ3n) is 8.43. The van der Waals surface area contributed by atoms with Gasteiger partial charge >= 0.3 is 0 Å². The number of unbranched alkanes of at least 4 members (excludes halogenated alkanes) is 1. The van der Waals surface area contributed by atoms with Gasteiger partial charge in [0, 0.05) is 26.0 Å². The molecule has 0 spiro atoms. The smallest absolute Gasteiger partial charge is 0.119 e. The summed E-state index contributed by atoms with van der Waals surface area (Å²) in [6.07, 6.45) is 7.18. The van der Waals surface area contributed by atoms with E-state index in [-0.39, 0.29) is 0 Å². The number of fused-ring (bicyclic) bond motifs is 3. The molecule has 5 aromatic rings. The Hall–Kier alpha value is -3.60. The molecular formula is C40H37Br2NO. The summed E-state index contributed by atoms with van der Waals surface area (Å²) in [5.74, 6) is 1.53. The Balaban J connectivity index is 1.29. The summed E-state index contributed by atoms with van der Waals surface area (Å²) >= 11 is 7.38. The Morgan fingerprint density at radius 2 is 1.23 bits per heavy atom. The van der Waals surface area contributed by atoms with Gasteiger partial charge in [0.05, 0.1) is 6.61 Å². The van der Waals surface area contributed by atoms with Crippen molar-refractivity contribution in [3.05, 3.63) is 141 Å². The molecule has 5 aromatic carbocycles. The molecule has 0 aliphatic heterocycles. The molecule has 1 aliphatic rings. The number of nitrogens with zero attached hydrogens (tertiary/aromatic N) is 1. The Kier molecular flexibility index (Phi) is 9.69. The van der Waals surface area contributed by atoms with E-state index in [9.17, 15) is 0 Å². The molecule has 0 saturated heterocycles. The minimum Gasteiger partial charge on any atom is -0.493 e. The van der Waals surface area contributed by atoms with Crippen molar-refractivity contribution in [2.45, 2.75) is 39.5 Å². The molecule has 6 rings (SSSR count). The quantitative estimate of drug-likeness (QED) is 0.133. The summed E-state index contributed by atoms with van der Waals surface area (Å²) in [4.78, 5) is 2.30. The normalized spacial score (nSPS) is 12.4. The predicted molar refractivity (Wildman–Crippen MR) is 194 cm³/mol. The lowest BCUT2D eigenvalue weighted by Gasteiger charge is -2.26. The van der Waals surface area contributed by atoms with E-state index in [0.29, 0.717) is 5.92 Å². The Morgan fingerprint density at radius 3 is 1.80 bits per heavy atom. The fourth-order valence-corrected chi connectivity index (χ4v) is 6.69. The maximum Gasteiger partial charge on any atom is 0.119 e. The molecule has 222 valence electrons. The lowest BCUT2D eigenvalue weighted by atomic mass is 10.0. The lowest BCUT2D eigenvalue weighted by molar-refractivity contribution is 0.233. The molecule has 0 amide bonds. The molecule has 0 bridgehead atoms. The van der Waals surface area contributed by atoms with Gasteiger partial charge < -0.3 is 9.64 Å². The number of para-hydroxylation sites is 1. The van der Waals surface area contributed by atoms with Crippen LogP contribution in [0.4, 0.5) is 17.1 Å². The van der Waals surface area contributed by atoms with Crippen LogP contribution in [-0.4, -0.2) is 6.61 Å². The second-order valence-electron chi connectivity index (χ2n) is 11.4.